The van der Waals surface area contributed by atoms with Crippen LogP contribution in [0.25, 0.3) is 0 Å². The first kappa shape index (κ1) is 21.0. The second kappa shape index (κ2) is 9.19. The molecule has 1 aliphatic rings. The highest BCUT2D eigenvalue weighted by Crippen LogP contribution is 2.19. The third-order valence-electron chi connectivity index (χ3n) is 5.70. The van der Waals surface area contributed by atoms with Crippen molar-refractivity contribution in [1.29, 1.82) is 0 Å². The van der Waals surface area contributed by atoms with Gasteiger partial charge in [0.25, 0.3) is 5.69 Å². The molecule has 0 bridgehead atoms. The van der Waals surface area contributed by atoms with Gasteiger partial charge in [-0.3, -0.25) is 14.9 Å². The highest BCUT2D eigenvalue weighted by Gasteiger charge is 2.25. The van der Waals surface area contributed by atoms with Crippen LogP contribution in [0.1, 0.15) is 21.7 Å². The summed E-state index contributed by atoms with van der Waals surface area (Å²) in [7, 11) is 1.68. The van der Waals surface area contributed by atoms with E-state index in [1.807, 2.05) is 19.9 Å². The van der Waals surface area contributed by atoms with Gasteiger partial charge in [0.2, 0.25) is 5.78 Å². The molecule has 8 heteroatoms. The van der Waals surface area contributed by atoms with Crippen molar-refractivity contribution in [1.82, 2.24) is 4.57 Å². The van der Waals surface area contributed by atoms with Crippen molar-refractivity contribution in [3.63, 3.8) is 0 Å². The summed E-state index contributed by atoms with van der Waals surface area (Å²) in [6.07, 6.45) is 0. The Labute approximate surface area is 170 Å². The van der Waals surface area contributed by atoms with Crippen molar-refractivity contribution in [2.75, 3.05) is 51.3 Å². The lowest BCUT2D eigenvalue weighted by molar-refractivity contribution is -0.892. The van der Waals surface area contributed by atoms with Gasteiger partial charge >= 0.3 is 0 Å². The third-order valence-corrected chi connectivity index (χ3v) is 5.70. The number of quaternary nitrogens is 1. The van der Waals surface area contributed by atoms with E-state index < -0.39 is 0 Å². The van der Waals surface area contributed by atoms with Crippen LogP contribution in [0.4, 0.5) is 11.4 Å². The SMILES string of the molecule is COCCn1c(C)cc(C(=O)C[NH+]2CCN(c3ccc([N+](=O)[O-])cc3)CC2)c1C. The molecule has 8 nitrogen and oxygen atoms in total. The fourth-order valence-electron chi connectivity index (χ4n) is 3.98. The monoisotopic (exact) mass is 401 g/mol. The van der Waals surface area contributed by atoms with Gasteiger partial charge in [0.15, 0.2) is 0 Å². The third kappa shape index (κ3) is 4.83. The number of nitro benzene ring substituents is 1. The van der Waals surface area contributed by atoms with Gasteiger partial charge in [-0.05, 0) is 32.0 Å². The summed E-state index contributed by atoms with van der Waals surface area (Å²) < 4.78 is 7.30. The van der Waals surface area contributed by atoms with Crippen LogP contribution in [0.3, 0.4) is 0 Å². The molecule has 0 radical (unpaired) electrons. The Bertz CT molecular complexity index is 868. The van der Waals surface area contributed by atoms with E-state index >= 15 is 0 Å². The number of ketones is 1. The first-order valence-electron chi connectivity index (χ1n) is 9.92. The Balaban J connectivity index is 1.56. The van der Waals surface area contributed by atoms with E-state index in [9.17, 15) is 14.9 Å². The molecule has 0 saturated carbocycles. The Hall–Kier alpha value is -2.71. The predicted molar refractivity (Wildman–Crippen MR) is 111 cm³/mol. The number of benzene rings is 1. The van der Waals surface area contributed by atoms with Crippen molar-refractivity contribution >= 4 is 17.2 Å². The van der Waals surface area contributed by atoms with Gasteiger partial charge in [0.1, 0.15) is 6.54 Å². The number of hydrogen-bond donors (Lipinski definition) is 1. The normalized spacial score (nSPS) is 14.9. The molecule has 1 aromatic carbocycles. The first-order chi connectivity index (χ1) is 13.9. The van der Waals surface area contributed by atoms with E-state index in [1.54, 1.807) is 19.2 Å². The summed E-state index contributed by atoms with van der Waals surface area (Å²) in [5, 5.41) is 10.8. The molecule has 1 N–H and O–H groups in total. The molecule has 156 valence electrons. The van der Waals surface area contributed by atoms with Gasteiger partial charge in [0, 0.05) is 48.4 Å². The first-order valence-corrected chi connectivity index (χ1v) is 9.92. The quantitative estimate of drug-likeness (QED) is 0.409. The maximum Gasteiger partial charge on any atom is 0.269 e. The van der Waals surface area contributed by atoms with Crippen LogP contribution in [-0.2, 0) is 11.3 Å². The second-order valence-corrected chi connectivity index (χ2v) is 7.54. The number of non-ortho nitro benzene ring substituents is 1. The average molecular weight is 401 g/mol. The molecular formula is C21H29N4O4+. The van der Waals surface area contributed by atoms with E-state index in [4.69, 9.17) is 4.74 Å². The average Bonchev–Trinajstić information content (AvgIpc) is 3.00. The Kier molecular flexibility index (Phi) is 6.66. The summed E-state index contributed by atoms with van der Waals surface area (Å²) in [5.74, 6) is 0.181. The van der Waals surface area contributed by atoms with Crippen molar-refractivity contribution in [2.24, 2.45) is 0 Å². The number of nitrogens with one attached hydrogen (secondary N) is 1. The summed E-state index contributed by atoms with van der Waals surface area (Å²) >= 11 is 0. The number of ether oxygens (including phenoxy) is 1. The van der Waals surface area contributed by atoms with Gasteiger partial charge < -0.3 is 19.1 Å². The number of Topliss-reactive ketones (excluding diaryl/α,β-unsaturated/α-hetero) is 1. The number of hydrogen-bond acceptors (Lipinski definition) is 5. The number of piperazine rings is 1. The minimum atomic E-state index is -0.385. The molecule has 1 aromatic heterocycles. The van der Waals surface area contributed by atoms with Crippen molar-refractivity contribution in [2.45, 2.75) is 20.4 Å². The lowest BCUT2D eigenvalue weighted by Crippen LogP contribution is -3.15. The van der Waals surface area contributed by atoms with E-state index in [0.717, 1.165) is 55.4 Å². The van der Waals surface area contributed by atoms with Gasteiger partial charge in [-0.15, -0.1) is 0 Å². The lowest BCUT2D eigenvalue weighted by Gasteiger charge is -2.33. The number of anilines is 1. The van der Waals surface area contributed by atoms with Crippen LogP contribution >= 0.6 is 0 Å². The van der Waals surface area contributed by atoms with Crippen LogP contribution in [-0.4, -0.2) is 61.7 Å². The number of aryl methyl sites for hydroxylation is 1. The van der Waals surface area contributed by atoms with E-state index in [0.29, 0.717) is 13.2 Å². The highest BCUT2D eigenvalue weighted by molar-refractivity contribution is 5.98. The van der Waals surface area contributed by atoms with E-state index in [-0.39, 0.29) is 16.4 Å². The highest BCUT2D eigenvalue weighted by atomic mass is 16.6. The number of nitrogens with zero attached hydrogens (tertiary/aromatic N) is 3. The van der Waals surface area contributed by atoms with Crippen LogP contribution in [0.5, 0.6) is 0 Å². The predicted octanol–water partition coefficient (Wildman–Crippen LogP) is 1.25. The summed E-state index contributed by atoms with van der Waals surface area (Å²) in [5.41, 5.74) is 3.99. The molecule has 0 spiro atoms. The minimum absolute atomic E-state index is 0.103. The topological polar surface area (TPSA) is 82.0 Å². The number of rotatable bonds is 8. The van der Waals surface area contributed by atoms with Crippen molar-refractivity contribution < 1.29 is 19.4 Å². The zero-order valence-corrected chi connectivity index (χ0v) is 17.3. The zero-order chi connectivity index (χ0) is 21.0. The fraction of sp³-hybridized carbons (Fsp3) is 0.476. The number of nitro groups is 1. The van der Waals surface area contributed by atoms with E-state index in [2.05, 4.69) is 9.47 Å². The molecule has 0 unspecified atom stereocenters. The van der Waals surface area contributed by atoms with Crippen LogP contribution in [0, 0.1) is 24.0 Å². The Morgan fingerprint density at radius 1 is 1.21 bits per heavy atom. The molecule has 0 amide bonds. The maximum absolute atomic E-state index is 12.9. The smallest absolute Gasteiger partial charge is 0.269 e. The van der Waals surface area contributed by atoms with Crippen molar-refractivity contribution in [3.05, 3.63) is 57.4 Å². The molecule has 29 heavy (non-hydrogen) atoms. The summed E-state index contributed by atoms with van der Waals surface area (Å²) in [6.45, 7) is 9.27. The molecule has 1 aliphatic heterocycles. The van der Waals surface area contributed by atoms with Crippen LogP contribution < -0.4 is 9.80 Å². The molecule has 1 saturated heterocycles. The maximum atomic E-state index is 12.9. The molecule has 0 atom stereocenters. The molecule has 2 heterocycles. The Morgan fingerprint density at radius 3 is 2.45 bits per heavy atom. The van der Waals surface area contributed by atoms with Gasteiger partial charge in [0.05, 0.1) is 37.7 Å². The molecular weight excluding hydrogens is 372 g/mol. The lowest BCUT2D eigenvalue weighted by atomic mass is 10.1. The number of carbonyl (C=O) groups excluding carboxylic acids is 1. The minimum Gasteiger partial charge on any atom is -0.383 e. The van der Waals surface area contributed by atoms with E-state index in [1.165, 1.54) is 17.0 Å². The van der Waals surface area contributed by atoms with Crippen LogP contribution in [0.2, 0.25) is 0 Å². The molecule has 1 fully saturated rings. The zero-order valence-electron chi connectivity index (χ0n) is 17.3. The summed E-state index contributed by atoms with van der Waals surface area (Å²) in [4.78, 5) is 26.8. The standard InChI is InChI=1S/C21H28N4O4/c1-16-14-20(17(2)24(16)12-13-29-3)21(26)15-22-8-10-23(11-9-22)18-4-6-19(7-5-18)25(27)28/h4-7,14H,8-13,15H2,1-3H3/p+1. The van der Waals surface area contributed by atoms with Gasteiger partial charge in [-0.25, -0.2) is 0 Å². The van der Waals surface area contributed by atoms with Crippen LogP contribution in [0.15, 0.2) is 30.3 Å². The molecule has 0 aliphatic carbocycles. The molecule has 3 rings (SSSR count). The number of carbonyl (C=O) groups is 1. The van der Waals surface area contributed by atoms with Crippen molar-refractivity contribution in [3.8, 4) is 0 Å². The largest absolute Gasteiger partial charge is 0.383 e. The second-order valence-electron chi connectivity index (χ2n) is 7.54. The molecule has 2 aromatic rings. The van der Waals surface area contributed by atoms with Gasteiger partial charge in [-0.2, -0.15) is 0 Å². The summed E-state index contributed by atoms with van der Waals surface area (Å²) in [6, 6.07) is 8.65. The fourth-order valence-corrected chi connectivity index (χ4v) is 3.98. The number of aromatic nitrogens is 1. The Morgan fingerprint density at radius 2 is 1.86 bits per heavy atom. The number of methoxy groups -OCH3 is 1. The van der Waals surface area contributed by atoms with Gasteiger partial charge in [-0.1, -0.05) is 0 Å².